The van der Waals surface area contributed by atoms with E-state index in [-0.39, 0.29) is 61.8 Å². The second kappa shape index (κ2) is 43.5. The van der Waals surface area contributed by atoms with E-state index in [9.17, 15) is 43.2 Å². The largest absolute Gasteiger partial charge is 0.484 e. The fourth-order valence-electron chi connectivity index (χ4n) is 17.9. The molecule has 3 aromatic carbocycles. The van der Waals surface area contributed by atoms with E-state index in [0.717, 1.165) is 176 Å². The van der Waals surface area contributed by atoms with Crippen LogP contribution in [0.1, 0.15) is 250 Å². The molecule has 2 N–H and O–H groups in total. The predicted molar refractivity (Wildman–Crippen MR) is 477 cm³/mol. The molecule has 0 bridgehead atoms. The number of fused-ring (bicyclic) bond motifs is 9. The summed E-state index contributed by atoms with van der Waals surface area (Å²) in [6.45, 7) is 34.4. The maximum Gasteiger partial charge on any atom is 0.328 e. The van der Waals surface area contributed by atoms with Crippen LogP contribution in [0.3, 0.4) is 0 Å². The van der Waals surface area contributed by atoms with Crippen LogP contribution >= 0.6 is 0 Å². The lowest BCUT2D eigenvalue weighted by molar-refractivity contribution is -0.160. The van der Waals surface area contributed by atoms with Crippen LogP contribution < -0.4 is 19.5 Å². The number of para-hydroxylation sites is 3. The standard InChI is InChI=1S/2C33H44N2O6.C18H20N2O3.C15H26O4/c2*1-7-8-9-10-11-14-23(19-28(36)40-32(3,4)5)30(37)35-21-33(20-27(35)31(38)39-6)18-17-25-24-15-12-13-16-26(24)34-22(2)29(25)41-33;1-11-16-13(12-5-3-4-6-14(12)20-11)7-8-18(23-16)9-15(19-10-18)17(21)22-2;1-5-6-7-8-9-10-12(14(17)18)11-13(16)19-15(2,3)4/h2*7,12-13,15-16,23,27H,1,8-11,14,17-21H2,2-6H3;3-6,15,19H,7-10H2,1-2H3;5,12H,1,6-11H2,2-4H3,(H,17,18)/t23-,27+,33+;23-,27+,33-;15-,18?;12-/m1101/s1. The summed E-state index contributed by atoms with van der Waals surface area (Å²) in [4.78, 5) is 132. The van der Waals surface area contributed by atoms with Gasteiger partial charge in [-0.1, -0.05) is 111 Å². The normalized spacial score (nSPS) is 20.6. The third kappa shape index (κ3) is 26.2. The predicted octanol–water partition coefficient (Wildman–Crippen LogP) is 17.4. The van der Waals surface area contributed by atoms with Crippen LogP contribution in [-0.4, -0.2) is 176 Å². The van der Waals surface area contributed by atoms with Crippen molar-refractivity contribution < 1.29 is 90.9 Å². The van der Waals surface area contributed by atoms with Gasteiger partial charge in [0, 0.05) is 70.5 Å². The molecule has 3 saturated heterocycles. The quantitative estimate of drug-likeness (QED) is 0.0183. The molecule has 6 aliphatic rings. The second-order valence-electron chi connectivity index (χ2n) is 37.1. The number of aromatic nitrogens is 3. The molecule has 9 atom stereocenters. The zero-order valence-electron chi connectivity index (χ0n) is 76.0. The number of carboxylic acids is 1. The minimum Gasteiger partial charge on any atom is -0.484 e. The summed E-state index contributed by atoms with van der Waals surface area (Å²) >= 11 is 0. The van der Waals surface area contributed by atoms with Crippen LogP contribution in [0.2, 0.25) is 0 Å². The Morgan fingerprint density at radius 3 is 1.10 bits per heavy atom. The zero-order valence-corrected chi connectivity index (χ0v) is 76.0. The van der Waals surface area contributed by atoms with Gasteiger partial charge in [0.25, 0.3) is 0 Å². The Labute approximate surface area is 732 Å². The maximum absolute atomic E-state index is 14.1. The summed E-state index contributed by atoms with van der Waals surface area (Å²) in [6, 6.07) is 22.4. The summed E-state index contributed by atoms with van der Waals surface area (Å²) in [5, 5.41) is 15.6. The third-order valence-electron chi connectivity index (χ3n) is 23.8. The topological polar surface area (TPSA) is 314 Å². The Balaban J connectivity index is 0.000000197. The number of ether oxygens (including phenoxy) is 9. The zero-order chi connectivity index (χ0) is 90.5. The Morgan fingerprint density at radius 1 is 0.460 bits per heavy atom. The number of carboxylic acid groups (broad SMARTS) is 1. The van der Waals surface area contributed by atoms with Gasteiger partial charge in [-0.15, -0.1) is 19.7 Å². The van der Waals surface area contributed by atoms with Gasteiger partial charge in [0.2, 0.25) is 11.8 Å². The summed E-state index contributed by atoms with van der Waals surface area (Å²) in [5.74, 6) is -3.28. The number of aliphatic carboxylic acids is 1. The van der Waals surface area contributed by atoms with Crippen LogP contribution in [0.15, 0.2) is 111 Å². The van der Waals surface area contributed by atoms with Crippen molar-refractivity contribution in [3.63, 3.8) is 0 Å². The number of likely N-dealkylation sites (tertiary alicyclic amines) is 2. The Morgan fingerprint density at radius 2 is 0.774 bits per heavy atom. The van der Waals surface area contributed by atoms with Crippen molar-refractivity contribution in [2.24, 2.45) is 17.8 Å². The minimum absolute atomic E-state index is 0.0341. The number of esters is 6. The minimum atomic E-state index is -0.922. The van der Waals surface area contributed by atoms with Crippen LogP contribution in [0, 0.1) is 38.5 Å². The summed E-state index contributed by atoms with van der Waals surface area (Å²) in [7, 11) is 4.10. The molecule has 25 heteroatoms. The van der Waals surface area contributed by atoms with E-state index in [4.69, 9.17) is 57.7 Å². The number of carbonyl (C=O) groups excluding carboxylic acids is 8. The number of benzene rings is 3. The van der Waals surface area contributed by atoms with Crippen molar-refractivity contribution in [1.82, 2.24) is 30.1 Å². The van der Waals surface area contributed by atoms with Gasteiger partial charge in [0.15, 0.2) is 0 Å². The van der Waals surface area contributed by atoms with Gasteiger partial charge in [-0.25, -0.2) is 24.5 Å². The second-order valence-corrected chi connectivity index (χ2v) is 37.1. The molecule has 3 fully saturated rings. The van der Waals surface area contributed by atoms with Gasteiger partial charge in [-0.2, -0.15) is 0 Å². The van der Waals surface area contributed by atoms with Gasteiger partial charge in [0.1, 0.15) is 69.0 Å². The van der Waals surface area contributed by atoms with Gasteiger partial charge in [0.05, 0.1) is 93.2 Å². The lowest BCUT2D eigenvalue weighted by Gasteiger charge is -2.36. The number of pyridine rings is 3. The fourth-order valence-corrected chi connectivity index (χ4v) is 17.9. The van der Waals surface area contributed by atoms with Gasteiger partial charge in [-0.05, 0) is 198 Å². The number of hydrogen-bond donors (Lipinski definition) is 2. The van der Waals surface area contributed by atoms with Gasteiger partial charge in [-0.3, -0.25) is 33.6 Å². The highest BCUT2D eigenvalue weighted by Gasteiger charge is 2.56. The van der Waals surface area contributed by atoms with E-state index in [1.165, 1.54) is 32.3 Å². The average molecular weight is 1710 g/mol. The first-order chi connectivity index (χ1) is 58.8. The van der Waals surface area contributed by atoms with Gasteiger partial charge < -0.3 is 62.9 Å². The molecule has 674 valence electrons. The molecule has 124 heavy (non-hydrogen) atoms. The molecule has 9 heterocycles. The lowest BCUT2D eigenvalue weighted by Crippen LogP contribution is -2.47. The number of allylic oxidation sites excluding steroid dienone is 3. The number of hydrogen-bond acceptors (Lipinski definition) is 22. The summed E-state index contributed by atoms with van der Waals surface area (Å²) in [5.41, 5.74) is 5.15. The molecule has 0 aliphatic carbocycles. The third-order valence-corrected chi connectivity index (χ3v) is 23.8. The first-order valence-corrected chi connectivity index (χ1v) is 44.3. The average Bonchev–Trinajstić information content (AvgIpc) is 1.56. The molecular formula is C99H134N6O19. The highest BCUT2D eigenvalue weighted by Crippen LogP contribution is 2.49. The van der Waals surface area contributed by atoms with Crippen molar-refractivity contribution in [2.75, 3.05) is 41.0 Å². The van der Waals surface area contributed by atoms with Crippen LogP contribution in [-0.2, 0) is 90.8 Å². The van der Waals surface area contributed by atoms with E-state index >= 15 is 0 Å². The molecule has 3 spiro atoms. The highest BCUT2D eigenvalue weighted by atomic mass is 16.6. The molecular weight excluding hydrogens is 1580 g/mol. The molecule has 0 radical (unpaired) electrons. The number of rotatable bonds is 30. The van der Waals surface area contributed by atoms with Crippen molar-refractivity contribution in [3.8, 4) is 17.2 Å². The SMILES string of the molecule is C=CCCCCC[C@H](CC(=O)OC(C)(C)C)C(=O)N1C[C@@]2(CCc3c(c(C)nc4ccccc34)O2)C[C@H]1C(=O)OC.C=CCCCCC[C@H](CC(=O)OC(C)(C)C)C(=O)N1C[C@]2(CCc3c(c(C)nc4ccccc34)O2)C[C@H]1C(=O)OC.C=CCCCCC[C@H](CC(=O)OC(C)(C)C)C(=O)O.COC(=O)[C@@H]1CC2(CCc3c(c(C)nc4ccccc34)O2)CN1. The molecule has 3 aromatic heterocycles. The van der Waals surface area contributed by atoms with Crippen molar-refractivity contribution in [2.45, 2.75) is 308 Å². The number of nitrogens with zero attached hydrogens (tertiary/aromatic N) is 5. The van der Waals surface area contributed by atoms with E-state index in [2.05, 4.69) is 48.2 Å². The Kier molecular flexibility index (Phi) is 34.2. The molecule has 0 saturated carbocycles. The number of methoxy groups -OCH3 is 3. The van der Waals surface area contributed by atoms with Crippen molar-refractivity contribution >= 4 is 86.3 Å². The molecule has 1 unspecified atom stereocenters. The maximum atomic E-state index is 14.1. The highest BCUT2D eigenvalue weighted by molar-refractivity contribution is 5.92. The number of unbranched alkanes of at least 4 members (excludes halogenated alkanes) is 9. The van der Waals surface area contributed by atoms with Crippen LogP contribution in [0.4, 0.5) is 0 Å². The van der Waals surface area contributed by atoms with Gasteiger partial charge >= 0.3 is 41.8 Å². The van der Waals surface area contributed by atoms with Crippen molar-refractivity contribution in [1.29, 1.82) is 0 Å². The monoisotopic (exact) mass is 1710 g/mol. The van der Waals surface area contributed by atoms with E-state index in [1.54, 1.807) is 30.6 Å². The van der Waals surface area contributed by atoms with E-state index in [0.29, 0.717) is 57.9 Å². The number of nitrogens with one attached hydrogen (secondary N) is 1. The molecule has 12 rings (SSSR count). The Hall–Kier alpha value is -10.3. The van der Waals surface area contributed by atoms with E-state index < -0.39 is 93.7 Å². The molecule has 25 nitrogen and oxygen atoms in total. The van der Waals surface area contributed by atoms with E-state index in [1.807, 2.05) is 135 Å². The first kappa shape index (κ1) is 97.5. The smallest absolute Gasteiger partial charge is 0.328 e. The molecule has 6 aromatic rings. The fraction of sp³-hybridized carbons (Fsp3) is 0.576. The molecule has 6 aliphatic heterocycles. The molecule has 2 amide bonds. The number of carbonyl (C=O) groups is 9. The Bertz CT molecular complexity index is 4610. The number of amides is 2. The van der Waals surface area contributed by atoms with Crippen LogP contribution in [0.5, 0.6) is 17.2 Å². The summed E-state index contributed by atoms with van der Waals surface area (Å²) in [6.07, 6.45) is 24.0. The van der Waals surface area contributed by atoms with Crippen molar-refractivity contribution in [3.05, 3.63) is 145 Å². The summed E-state index contributed by atoms with van der Waals surface area (Å²) < 4.78 is 51.3. The lowest BCUT2D eigenvalue weighted by atomic mass is 9.87. The van der Waals surface area contributed by atoms with Crippen LogP contribution in [0.25, 0.3) is 32.7 Å². The first-order valence-electron chi connectivity index (χ1n) is 44.3. The number of aryl methyl sites for hydroxylation is 6.